The fourth-order valence-electron chi connectivity index (χ4n) is 3.16. The average Bonchev–Trinajstić information content (AvgIpc) is 2.51. The number of aryl methyl sites for hydroxylation is 3. The van der Waals surface area contributed by atoms with Crippen LogP contribution in [0.3, 0.4) is 0 Å². The van der Waals surface area contributed by atoms with Crippen molar-refractivity contribution in [2.24, 2.45) is 10.9 Å². The van der Waals surface area contributed by atoms with E-state index in [0.717, 1.165) is 34.6 Å². The number of hydrogen-bond acceptors (Lipinski definition) is 4. The molecule has 2 N–H and O–H groups in total. The van der Waals surface area contributed by atoms with Crippen molar-refractivity contribution in [1.82, 2.24) is 5.32 Å². The van der Waals surface area contributed by atoms with Crippen LogP contribution in [0.15, 0.2) is 17.1 Å². The minimum absolute atomic E-state index is 0.528. The first-order chi connectivity index (χ1) is 12.2. The van der Waals surface area contributed by atoms with E-state index in [1.54, 1.807) is 0 Å². The second-order valence-corrected chi connectivity index (χ2v) is 7.06. The van der Waals surface area contributed by atoms with Crippen LogP contribution in [-0.2, 0) is 9.59 Å². The highest BCUT2D eigenvalue weighted by molar-refractivity contribution is 6.32. The van der Waals surface area contributed by atoms with Gasteiger partial charge in [0.05, 0.1) is 26.3 Å². The predicted octanol–water partition coefficient (Wildman–Crippen LogP) is 0.416. The molecule has 7 nitrogen and oxygen atoms in total. The largest absolute Gasteiger partial charge is 0.340 e. The quantitative estimate of drug-likeness (QED) is 0.439. The van der Waals surface area contributed by atoms with E-state index in [0.29, 0.717) is 12.2 Å². The van der Waals surface area contributed by atoms with Gasteiger partial charge in [0.15, 0.2) is 5.92 Å². The third-order valence-electron chi connectivity index (χ3n) is 4.28. The molecule has 26 heavy (non-hydrogen) atoms. The van der Waals surface area contributed by atoms with Crippen LogP contribution in [-0.4, -0.2) is 51.2 Å². The number of aliphatic imine (C=N–C) groups is 1. The highest BCUT2D eigenvalue weighted by atomic mass is 16.2. The smallest absolute Gasteiger partial charge is 0.335 e. The van der Waals surface area contributed by atoms with Crippen molar-refractivity contribution in [3.8, 4) is 0 Å². The number of hydrogen-bond donors (Lipinski definition) is 2. The second kappa shape index (κ2) is 8.23. The number of barbiturate groups is 1. The number of urea groups is 1. The minimum atomic E-state index is -1.08. The molecular weight excluding hydrogens is 332 g/mol. The molecule has 0 bridgehead atoms. The number of carbonyl (C=O) groups excluding carboxylic acids is 3. The zero-order valence-electron chi connectivity index (χ0n) is 16.0. The van der Waals surface area contributed by atoms with E-state index in [1.807, 2.05) is 32.9 Å². The van der Waals surface area contributed by atoms with Crippen molar-refractivity contribution in [3.05, 3.63) is 28.8 Å². The molecule has 1 aliphatic heterocycles. The van der Waals surface area contributed by atoms with Crippen molar-refractivity contribution >= 4 is 29.7 Å². The van der Waals surface area contributed by atoms with Crippen molar-refractivity contribution in [3.63, 3.8) is 0 Å². The fourth-order valence-corrected chi connectivity index (χ4v) is 3.16. The molecule has 0 spiro atoms. The molecule has 0 unspecified atom stereocenters. The molecule has 4 amide bonds. The molecule has 1 aliphatic rings. The maximum atomic E-state index is 12.9. The number of quaternary nitrogens is 1. The summed E-state index contributed by atoms with van der Waals surface area (Å²) in [5, 5.41) is 2.27. The van der Waals surface area contributed by atoms with Crippen molar-refractivity contribution in [2.45, 2.75) is 27.2 Å². The van der Waals surface area contributed by atoms with Crippen LogP contribution >= 0.6 is 0 Å². The normalized spacial score (nSPS) is 18.2. The lowest BCUT2D eigenvalue weighted by Gasteiger charge is -2.30. The molecule has 1 saturated heterocycles. The third kappa shape index (κ3) is 4.35. The molecule has 7 heteroatoms. The van der Waals surface area contributed by atoms with Gasteiger partial charge in [-0.25, -0.2) is 9.69 Å². The number of imide groups is 2. The van der Waals surface area contributed by atoms with Crippen molar-refractivity contribution < 1.29 is 19.3 Å². The highest BCUT2D eigenvalue weighted by Crippen LogP contribution is 2.29. The van der Waals surface area contributed by atoms with Crippen LogP contribution in [0.1, 0.15) is 23.1 Å². The van der Waals surface area contributed by atoms with Gasteiger partial charge in [-0.3, -0.25) is 19.9 Å². The molecular formula is C19H27N4O3+. The summed E-state index contributed by atoms with van der Waals surface area (Å²) in [6.45, 7) is 7.14. The summed E-state index contributed by atoms with van der Waals surface area (Å²) in [6.07, 6.45) is 2.22. The van der Waals surface area contributed by atoms with Crippen molar-refractivity contribution in [2.75, 3.05) is 32.1 Å². The topological polar surface area (TPSA) is 83.3 Å². The van der Waals surface area contributed by atoms with E-state index in [-0.39, 0.29) is 0 Å². The van der Waals surface area contributed by atoms with Gasteiger partial charge in [0, 0.05) is 19.2 Å². The highest BCUT2D eigenvalue weighted by Gasteiger charge is 2.41. The summed E-state index contributed by atoms with van der Waals surface area (Å²) in [5.74, 6) is -2.27. The number of anilines is 1. The lowest BCUT2D eigenvalue weighted by atomic mass is 10.0. The minimum Gasteiger partial charge on any atom is -0.340 e. The lowest BCUT2D eigenvalue weighted by molar-refractivity contribution is -0.858. The Balaban J connectivity index is 2.24. The summed E-state index contributed by atoms with van der Waals surface area (Å²) in [5.41, 5.74) is 3.20. The Bertz CT molecular complexity index is 732. The van der Waals surface area contributed by atoms with Gasteiger partial charge in [0.25, 0.3) is 5.91 Å². The Morgan fingerprint density at radius 3 is 2.35 bits per heavy atom. The Morgan fingerprint density at radius 1 is 1.15 bits per heavy atom. The number of nitrogens with zero attached hydrogens (tertiary/aromatic N) is 2. The molecule has 1 fully saturated rings. The van der Waals surface area contributed by atoms with Gasteiger partial charge in [-0.15, -0.1) is 0 Å². The Labute approximate surface area is 154 Å². The van der Waals surface area contributed by atoms with Crippen LogP contribution in [0.4, 0.5) is 10.5 Å². The monoisotopic (exact) mass is 359 g/mol. The molecule has 1 heterocycles. The molecule has 0 saturated carbocycles. The van der Waals surface area contributed by atoms with E-state index < -0.39 is 23.8 Å². The number of amides is 4. The van der Waals surface area contributed by atoms with Crippen molar-refractivity contribution in [1.29, 1.82) is 0 Å². The summed E-state index contributed by atoms with van der Waals surface area (Å²) >= 11 is 0. The van der Waals surface area contributed by atoms with Crippen LogP contribution in [0.25, 0.3) is 0 Å². The van der Waals surface area contributed by atoms with E-state index in [2.05, 4.69) is 24.4 Å². The summed E-state index contributed by atoms with van der Waals surface area (Å²) < 4.78 is 0. The Hall–Kier alpha value is -2.54. The second-order valence-electron chi connectivity index (χ2n) is 7.06. The fraction of sp³-hybridized carbons (Fsp3) is 0.474. The average molecular weight is 359 g/mol. The predicted molar refractivity (Wildman–Crippen MR) is 101 cm³/mol. The maximum Gasteiger partial charge on any atom is 0.335 e. The zero-order chi connectivity index (χ0) is 19.4. The van der Waals surface area contributed by atoms with E-state index in [9.17, 15) is 14.4 Å². The van der Waals surface area contributed by atoms with Crippen LogP contribution < -0.4 is 15.1 Å². The molecule has 140 valence electrons. The summed E-state index contributed by atoms with van der Waals surface area (Å²) in [6, 6.07) is 3.11. The third-order valence-corrected chi connectivity index (χ3v) is 4.28. The van der Waals surface area contributed by atoms with Crippen LogP contribution in [0, 0.1) is 26.7 Å². The van der Waals surface area contributed by atoms with Gasteiger partial charge in [-0.05, 0) is 31.9 Å². The number of rotatable bonds is 6. The SMILES string of the molecule is Cc1cc(C)c(N2C(=O)NC(=O)[C@@H](C=NCCC[NH+](C)C)C2=O)c(C)c1. The number of benzene rings is 1. The van der Waals surface area contributed by atoms with Gasteiger partial charge in [0.2, 0.25) is 5.91 Å². The molecule has 1 atom stereocenters. The molecule has 2 rings (SSSR count). The van der Waals surface area contributed by atoms with E-state index in [1.165, 1.54) is 11.1 Å². The number of nitrogens with one attached hydrogen (secondary N) is 2. The first-order valence-electron chi connectivity index (χ1n) is 8.78. The first-order valence-corrected chi connectivity index (χ1v) is 8.78. The van der Waals surface area contributed by atoms with Gasteiger partial charge in [-0.2, -0.15) is 0 Å². The first kappa shape index (κ1) is 19.8. The molecule has 1 aromatic rings. The standard InChI is InChI=1S/C19H26N4O3/c1-12-9-13(2)16(14(3)10-12)23-18(25)15(17(24)21-19(23)26)11-20-7-6-8-22(4)5/h9-11,15H,6-8H2,1-5H3,(H,21,24,26)/p+1/t15-/m1/s1. The van der Waals surface area contributed by atoms with Crippen LogP contribution in [0.2, 0.25) is 0 Å². The van der Waals surface area contributed by atoms with Gasteiger partial charge in [0.1, 0.15) is 0 Å². The zero-order valence-corrected chi connectivity index (χ0v) is 16.0. The molecule has 0 aliphatic carbocycles. The summed E-state index contributed by atoms with van der Waals surface area (Å²) in [7, 11) is 4.11. The molecule has 0 radical (unpaired) electrons. The lowest BCUT2D eigenvalue weighted by Crippen LogP contribution is -3.05. The van der Waals surface area contributed by atoms with Crippen LogP contribution in [0.5, 0.6) is 0 Å². The van der Waals surface area contributed by atoms with Gasteiger partial charge < -0.3 is 4.90 Å². The molecule has 0 aromatic heterocycles. The molecule has 1 aromatic carbocycles. The van der Waals surface area contributed by atoms with Gasteiger partial charge in [-0.1, -0.05) is 17.7 Å². The maximum absolute atomic E-state index is 12.9. The van der Waals surface area contributed by atoms with Gasteiger partial charge >= 0.3 is 6.03 Å². The Morgan fingerprint density at radius 2 is 1.77 bits per heavy atom. The number of carbonyl (C=O) groups is 3. The Kier molecular flexibility index (Phi) is 6.26. The van der Waals surface area contributed by atoms with E-state index in [4.69, 9.17) is 0 Å². The summed E-state index contributed by atoms with van der Waals surface area (Å²) in [4.78, 5) is 43.9. The van der Waals surface area contributed by atoms with E-state index >= 15 is 0 Å².